The minimum atomic E-state index is -0.174. The molecule has 0 heterocycles. The van der Waals surface area contributed by atoms with E-state index in [2.05, 4.69) is 45.1 Å². The Morgan fingerprint density at radius 3 is 2.48 bits per heavy atom. The topological polar surface area (TPSA) is 41.5 Å². The molecule has 1 aliphatic rings. The number of hydrogen-bond donors (Lipinski definition) is 2. The molecule has 2 rings (SSSR count). The van der Waals surface area contributed by atoms with Gasteiger partial charge in [0.2, 0.25) is 0 Å². The summed E-state index contributed by atoms with van der Waals surface area (Å²) in [6, 6.07) is 8.70. The molecule has 1 saturated carbocycles. The van der Waals surface area contributed by atoms with Crippen molar-refractivity contribution < 1.29 is 9.84 Å². The standard InChI is InChI=1S/C18H29NO2/c1-13(2)9-10-21-15-7-5-14(6-8-15)12-19-16-11-17(20)18(16,3)4/h5-8,13,16-17,19-20H,9-12H2,1-4H3. The molecule has 1 aromatic carbocycles. The molecule has 0 aromatic heterocycles. The van der Waals surface area contributed by atoms with Crippen molar-refractivity contribution in [3.8, 4) is 5.75 Å². The second-order valence-electron chi connectivity index (χ2n) is 7.18. The summed E-state index contributed by atoms with van der Waals surface area (Å²) in [6.45, 7) is 10.3. The van der Waals surface area contributed by atoms with Crippen LogP contribution in [0, 0.1) is 11.3 Å². The highest BCUT2D eigenvalue weighted by Crippen LogP contribution is 2.40. The van der Waals surface area contributed by atoms with E-state index in [0.717, 1.165) is 31.7 Å². The molecule has 0 saturated heterocycles. The number of ether oxygens (including phenoxy) is 1. The van der Waals surface area contributed by atoms with E-state index in [4.69, 9.17) is 4.74 Å². The first-order valence-corrected chi connectivity index (χ1v) is 8.02. The molecule has 3 heteroatoms. The molecule has 0 aliphatic heterocycles. The molecule has 21 heavy (non-hydrogen) atoms. The maximum atomic E-state index is 9.74. The third-order valence-corrected chi connectivity index (χ3v) is 4.66. The maximum absolute atomic E-state index is 9.74. The molecule has 0 radical (unpaired) electrons. The Hall–Kier alpha value is -1.06. The quantitative estimate of drug-likeness (QED) is 0.809. The number of nitrogens with one attached hydrogen (secondary N) is 1. The Labute approximate surface area is 128 Å². The lowest BCUT2D eigenvalue weighted by atomic mass is 9.64. The van der Waals surface area contributed by atoms with Crippen LogP contribution in [0.25, 0.3) is 0 Å². The van der Waals surface area contributed by atoms with Gasteiger partial charge in [0.15, 0.2) is 0 Å². The summed E-state index contributed by atoms with van der Waals surface area (Å²) >= 11 is 0. The van der Waals surface area contributed by atoms with Crippen molar-refractivity contribution >= 4 is 0 Å². The van der Waals surface area contributed by atoms with Gasteiger partial charge in [0, 0.05) is 18.0 Å². The first kappa shape index (κ1) is 16.3. The third kappa shape index (κ3) is 4.21. The van der Waals surface area contributed by atoms with Gasteiger partial charge in [0.1, 0.15) is 5.75 Å². The minimum absolute atomic E-state index is 0.0140. The summed E-state index contributed by atoms with van der Waals surface area (Å²) in [7, 11) is 0. The molecule has 0 spiro atoms. The molecular formula is C18H29NO2. The van der Waals surface area contributed by atoms with Crippen molar-refractivity contribution in [2.45, 2.75) is 59.2 Å². The summed E-state index contributed by atoms with van der Waals surface area (Å²) in [6.07, 6.45) is 1.76. The molecule has 2 atom stereocenters. The largest absolute Gasteiger partial charge is 0.494 e. The van der Waals surface area contributed by atoms with Gasteiger partial charge in [-0.15, -0.1) is 0 Å². The molecule has 118 valence electrons. The summed E-state index contributed by atoms with van der Waals surface area (Å²) < 4.78 is 5.72. The molecule has 3 nitrogen and oxygen atoms in total. The Bertz CT molecular complexity index is 439. The van der Waals surface area contributed by atoms with Gasteiger partial charge in [-0.2, -0.15) is 0 Å². The number of rotatable bonds is 7. The number of benzene rings is 1. The molecule has 1 aliphatic carbocycles. The van der Waals surface area contributed by atoms with Gasteiger partial charge in [-0.25, -0.2) is 0 Å². The van der Waals surface area contributed by atoms with Crippen LogP contribution in [-0.2, 0) is 6.54 Å². The lowest BCUT2D eigenvalue weighted by Crippen LogP contribution is -2.59. The van der Waals surface area contributed by atoms with Crippen molar-refractivity contribution in [1.29, 1.82) is 0 Å². The minimum Gasteiger partial charge on any atom is -0.494 e. The van der Waals surface area contributed by atoms with Crippen LogP contribution in [0.5, 0.6) is 5.75 Å². The molecule has 1 fully saturated rings. The van der Waals surface area contributed by atoms with Crippen LogP contribution < -0.4 is 10.1 Å². The average molecular weight is 291 g/mol. The zero-order valence-electron chi connectivity index (χ0n) is 13.7. The summed E-state index contributed by atoms with van der Waals surface area (Å²) in [5.74, 6) is 1.62. The fraction of sp³-hybridized carbons (Fsp3) is 0.667. The van der Waals surface area contributed by atoms with Gasteiger partial charge in [0.25, 0.3) is 0 Å². The molecule has 0 amide bonds. The van der Waals surface area contributed by atoms with Gasteiger partial charge in [0.05, 0.1) is 12.7 Å². The zero-order valence-corrected chi connectivity index (χ0v) is 13.7. The van der Waals surface area contributed by atoms with Crippen LogP contribution in [0.1, 0.15) is 46.1 Å². The Morgan fingerprint density at radius 2 is 1.95 bits per heavy atom. The van der Waals surface area contributed by atoms with Crippen LogP contribution in [0.2, 0.25) is 0 Å². The van der Waals surface area contributed by atoms with Crippen molar-refractivity contribution in [3.05, 3.63) is 29.8 Å². The van der Waals surface area contributed by atoms with Crippen LogP contribution >= 0.6 is 0 Å². The summed E-state index contributed by atoms with van der Waals surface area (Å²) in [5, 5.41) is 13.3. The first-order valence-electron chi connectivity index (χ1n) is 8.02. The number of aliphatic hydroxyl groups is 1. The Kier molecular flexibility index (Phi) is 5.28. The van der Waals surface area contributed by atoms with E-state index in [0.29, 0.717) is 12.0 Å². The van der Waals surface area contributed by atoms with E-state index >= 15 is 0 Å². The van der Waals surface area contributed by atoms with Crippen molar-refractivity contribution in [2.75, 3.05) is 6.61 Å². The highest BCUT2D eigenvalue weighted by Gasteiger charge is 2.46. The highest BCUT2D eigenvalue weighted by atomic mass is 16.5. The van der Waals surface area contributed by atoms with Crippen molar-refractivity contribution in [2.24, 2.45) is 11.3 Å². The molecule has 1 aromatic rings. The maximum Gasteiger partial charge on any atom is 0.119 e. The second kappa shape index (κ2) is 6.80. The number of hydrogen-bond acceptors (Lipinski definition) is 3. The Balaban J connectivity index is 1.75. The van der Waals surface area contributed by atoms with Gasteiger partial charge in [-0.3, -0.25) is 0 Å². The lowest BCUT2D eigenvalue weighted by Gasteiger charge is -2.49. The van der Waals surface area contributed by atoms with E-state index in [1.165, 1.54) is 5.56 Å². The van der Waals surface area contributed by atoms with Crippen LogP contribution in [0.15, 0.2) is 24.3 Å². The average Bonchev–Trinajstić information content (AvgIpc) is 2.44. The molecule has 2 N–H and O–H groups in total. The van der Waals surface area contributed by atoms with Crippen LogP contribution in [0.3, 0.4) is 0 Å². The van der Waals surface area contributed by atoms with Crippen molar-refractivity contribution in [1.82, 2.24) is 5.32 Å². The smallest absolute Gasteiger partial charge is 0.119 e. The second-order valence-corrected chi connectivity index (χ2v) is 7.18. The predicted molar refractivity (Wildman–Crippen MR) is 86.4 cm³/mol. The fourth-order valence-corrected chi connectivity index (χ4v) is 2.61. The van der Waals surface area contributed by atoms with E-state index in [-0.39, 0.29) is 11.5 Å². The number of aliphatic hydroxyl groups excluding tert-OH is 1. The lowest BCUT2D eigenvalue weighted by molar-refractivity contribution is -0.0729. The summed E-state index contributed by atoms with van der Waals surface area (Å²) in [5.41, 5.74) is 1.24. The van der Waals surface area contributed by atoms with E-state index in [9.17, 15) is 5.11 Å². The molecular weight excluding hydrogens is 262 g/mol. The monoisotopic (exact) mass is 291 g/mol. The van der Waals surface area contributed by atoms with Crippen LogP contribution in [0.4, 0.5) is 0 Å². The first-order chi connectivity index (χ1) is 9.89. The predicted octanol–water partition coefficient (Wildman–Crippen LogP) is 3.36. The highest BCUT2D eigenvalue weighted by molar-refractivity contribution is 5.27. The molecule has 0 bridgehead atoms. The van der Waals surface area contributed by atoms with Gasteiger partial charge < -0.3 is 15.2 Å². The third-order valence-electron chi connectivity index (χ3n) is 4.66. The van der Waals surface area contributed by atoms with Crippen LogP contribution in [-0.4, -0.2) is 23.9 Å². The molecule has 2 unspecified atom stereocenters. The van der Waals surface area contributed by atoms with Gasteiger partial charge >= 0.3 is 0 Å². The zero-order chi connectivity index (χ0) is 15.5. The van der Waals surface area contributed by atoms with Crippen molar-refractivity contribution in [3.63, 3.8) is 0 Å². The summed E-state index contributed by atoms with van der Waals surface area (Å²) in [4.78, 5) is 0. The van der Waals surface area contributed by atoms with Gasteiger partial charge in [-0.05, 0) is 36.5 Å². The van der Waals surface area contributed by atoms with Gasteiger partial charge in [-0.1, -0.05) is 39.8 Å². The van der Waals surface area contributed by atoms with E-state index < -0.39 is 0 Å². The SMILES string of the molecule is CC(C)CCOc1ccc(CNC2CC(O)C2(C)C)cc1. The fourth-order valence-electron chi connectivity index (χ4n) is 2.61. The van der Waals surface area contributed by atoms with E-state index in [1.54, 1.807) is 0 Å². The Morgan fingerprint density at radius 1 is 1.29 bits per heavy atom. The van der Waals surface area contributed by atoms with E-state index in [1.807, 2.05) is 12.1 Å². The normalized spacial score (nSPS) is 23.9.